The summed E-state index contributed by atoms with van der Waals surface area (Å²) in [4.78, 5) is 10.3. The molecule has 0 saturated carbocycles. The van der Waals surface area contributed by atoms with Crippen molar-refractivity contribution < 1.29 is 14.6 Å². The van der Waals surface area contributed by atoms with E-state index >= 15 is 0 Å². The van der Waals surface area contributed by atoms with Crippen LogP contribution in [0.3, 0.4) is 0 Å². The second kappa shape index (κ2) is 4.91. The summed E-state index contributed by atoms with van der Waals surface area (Å²) >= 11 is 0. The van der Waals surface area contributed by atoms with Gasteiger partial charge in [0.2, 0.25) is 6.29 Å². The Kier molecular flexibility index (Phi) is 4.54. The number of esters is 1. The molecule has 0 fully saturated rings. The van der Waals surface area contributed by atoms with Crippen molar-refractivity contribution in [3.63, 3.8) is 0 Å². The maximum Gasteiger partial charge on any atom is 0.304 e. The molecule has 0 aliphatic rings. The number of carbonyl (C=O) groups is 1. The van der Waals surface area contributed by atoms with Gasteiger partial charge in [-0.25, -0.2) is 0 Å². The van der Waals surface area contributed by atoms with Gasteiger partial charge >= 0.3 is 5.97 Å². The zero-order valence-corrected chi connectivity index (χ0v) is 6.96. The smallest absolute Gasteiger partial charge is 0.304 e. The molecule has 64 valence electrons. The molecule has 0 spiro atoms. The molecule has 0 aromatic carbocycles. The Morgan fingerprint density at radius 2 is 2.18 bits per heavy atom. The van der Waals surface area contributed by atoms with Gasteiger partial charge in [-0.05, 0) is 13.3 Å². The highest BCUT2D eigenvalue weighted by Crippen LogP contribution is 2.05. The van der Waals surface area contributed by atoms with Crippen LogP contribution in [0.4, 0.5) is 0 Å². The van der Waals surface area contributed by atoms with Crippen LogP contribution < -0.4 is 0 Å². The largest absolute Gasteiger partial charge is 0.436 e. The van der Waals surface area contributed by atoms with Crippen LogP contribution in [0.2, 0.25) is 0 Å². The zero-order valence-electron chi connectivity index (χ0n) is 6.96. The fraction of sp³-hybridized carbons (Fsp3) is 0.625. The third kappa shape index (κ3) is 7.06. The summed E-state index contributed by atoms with van der Waals surface area (Å²) in [6.07, 6.45) is 0.118. The van der Waals surface area contributed by atoms with Gasteiger partial charge in [-0.3, -0.25) is 4.79 Å². The van der Waals surface area contributed by atoms with Crippen LogP contribution in [0.5, 0.6) is 0 Å². The first-order valence-corrected chi connectivity index (χ1v) is 3.52. The lowest BCUT2D eigenvalue weighted by Crippen LogP contribution is -2.14. The van der Waals surface area contributed by atoms with Crippen molar-refractivity contribution in [2.75, 3.05) is 0 Å². The second-order valence-corrected chi connectivity index (χ2v) is 2.56. The SMILES string of the molecule is C=C(C)CCC(O)OC(C)=O. The van der Waals surface area contributed by atoms with Crippen molar-refractivity contribution in [1.29, 1.82) is 0 Å². The summed E-state index contributed by atoms with van der Waals surface area (Å²) in [6, 6.07) is 0. The van der Waals surface area contributed by atoms with Gasteiger partial charge in [0.15, 0.2) is 0 Å². The monoisotopic (exact) mass is 158 g/mol. The Morgan fingerprint density at radius 3 is 2.55 bits per heavy atom. The summed E-state index contributed by atoms with van der Waals surface area (Å²) in [5.41, 5.74) is 0.969. The molecule has 0 aliphatic heterocycles. The van der Waals surface area contributed by atoms with E-state index in [0.717, 1.165) is 5.57 Å². The molecule has 0 aromatic rings. The highest BCUT2D eigenvalue weighted by molar-refractivity contribution is 5.65. The van der Waals surface area contributed by atoms with Crippen LogP contribution in [-0.2, 0) is 9.53 Å². The fourth-order valence-corrected chi connectivity index (χ4v) is 0.620. The van der Waals surface area contributed by atoms with Crippen molar-refractivity contribution in [1.82, 2.24) is 0 Å². The maximum atomic E-state index is 10.3. The summed E-state index contributed by atoms with van der Waals surface area (Å²) in [7, 11) is 0. The van der Waals surface area contributed by atoms with Crippen LogP contribution in [0.25, 0.3) is 0 Å². The van der Waals surface area contributed by atoms with Gasteiger partial charge in [-0.2, -0.15) is 0 Å². The van der Waals surface area contributed by atoms with Crippen molar-refractivity contribution in [2.45, 2.75) is 33.0 Å². The number of ether oxygens (including phenoxy) is 1. The Labute approximate surface area is 66.7 Å². The normalized spacial score (nSPS) is 12.3. The Hall–Kier alpha value is -0.830. The average Bonchev–Trinajstić information content (AvgIpc) is 1.82. The first kappa shape index (κ1) is 10.2. The second-order valence-electron chi connectivity index (χ2n) is 2.56. The van der Waals surface area contributed by atoms with Crippen molar-refractivity contribution in [3.8, 4) is 0 Å². The highest BCUT2D eigenvalue weighted by atomic mass is 16.6. The highest BCUT2D eigenvalue weighted by Gasteiger charge is 2.05. The van der Waals surface area contributed by atoms with Crippen molar-refractivity contribution in [3.05, 3.63) is 12.2 Å². The maximum absolute atomic E-state index is 10.3. The van der Waals surface area contributed by atoms with E-state index in [1.54, 1.807) is 0 Å². The van der Waals surface area contributed by atoms with E-state index in [1.807, 2.05) is 6.92 Å². The molecule has 0 radical (unpaired) electrons. The summed E-state index contributed by atoms with van der Waals surface area (Å²) < 4.78 is 4.48. The summed E-state index contributed by atoms with van der Waals surface area (Å²) in [6.45, 7) is 6.78. The van der Waals surface area contributed by atoms with E-state index in [9.17, 15) is 4.79 Å². The summed E-state index contributed by atoms with van der Waals surface area (Å²) in [5, 5.41) is 8.98. The van der Waals surface area contributed by atoms with Gasteiger partial charge in [-0.1, -0.05) is 5.57 Å². The molecule has 0 aliphatic carbocycles. The van der Waals surface area contributed by atoms with Gasteiger partial charge in [0.1, 0.15) is 0 Å². The molecular formula is C8H14O3. The minimum Gasteiger partial charge on any atom is -0.436 e. The average molecular weight is 158 g/mol. The molecule has 1 N–H and O–H groups in total. The van der Waals surface area contributed by atoms with Crippen LogP contribution in [0.1, 0.15) is 26.7 Å². The van der Waals surface area contributed by atoms with Gasteiger partial charge in [0.25, 0.3) is 0 Å². The predicted molar refractivity (Wildman–Crippen MR) is 41.8 cm³/mol. The minimum atomic E-state index is -0.982. The van der Waals surface area contributed by atoms with E-state index in [2.05, 4.69) is 11.3 Å². The van der Waals surface area contributed by atoms with Gasteiger partial charge in [-0.15, -0.1) is 6.58 Å². The Balaban J connectivity index is 3.44. The predicted octanol–water partition coefficient (Wildman–Crippen LogP) is 1.22. The molecule has 0 saturated heterocycles. The molecule has 0 rings (SSSR count). The number of aliphatic hydroxyl groups is 1. The van der Waals surface area contributed by atoms with Crippen molar-refractivity contribution in [2.24, 2.45) is 0 Å². The van der Waals surface area contributed by atoms with E-state index in [1.165, 1.54) is 6.92 Å². The molecular weight excluding hydrogens is 144 g/mol. The lowest BCUT2D eigenvalue weighted by atomic mass is 10.2. The quantitative estimate of drug-likeness (QED) is 0.380. The van der Waals surface area contributed by atoms with Gasteiger partial charge in [0, 0.05) is 13.3 Å². The van der Waals surface area contributed by atoms with E-state index in [0.29, 0.717) is 12.8 Å². The standard InChI is InChI=1S/C8H14O3/c1-6(2)4-5-8(10)11-7(3)9/h8,10H,1,4-5H2,2-3H3. The molecule has 3 nitrogen and oxygen atoms in total. The number of rotatable bonds is 4. The number of allylic oxidation sites excluding steroid dienone is 1. The molecule has 1 unspecified atom stereocenters. The lowest BCUT2D eigenvalue weighted by molar-refractivity contribution is -0.165. The zero-order chi connectivity index (χ0) is 8.85. The van der Waals surface area contributed by atoms with E-state index < -0.39 is 12.3 Å². The number of hydrogen-bond donors (Lipinski definition) is 1. The van der Waals surface area contributed by atoms with Crippen molar-refractivity contribution >= 4 is 5.97 Å². The van der Waals surface area contributed by atoms with Crippen LogP contribution in [-0.4, -0.2) is 17.4 Å². The van der Waals surface area contributed by atoms with E-state index in [4.69, 9.17) is 5.11 Å². The molecule has 1 atom stereocenters. The molecule has 3 heteroatoms. The number of aliphatic hydroxyl groups excluding tert-OH is 1. The number of hydrogen-bond acceptors (Lipinski definition) is 3. The van der Waals surface area contributed by atoms with Crippen LogP contribution >= 0.6 is 0 Å². The Morgan fingerprint density at radius 1 is 1.64 bits per heavy atom. The topological polar surface area (TPSA) is 46.5 Å². The summed E-state index contributed by atoms with van der Waals surface area (Å²) in [5.74, 6) is -0.459. The van der Waals surface area contributed by atoms with Crippen LogP contribution in [0, 0.1) is 0 Å². The van der Waals surface area contributed by atoms with E-state index in [-0.39, 0.29) is 0 Å². The van der Waals surface area contributed by atoms with Crippen LogP contribution in [0.15, 0.2) is 12.2 Å². The molecule has 0 aromatic heterocycles. The molecule has 11 heavy (non-hydrogen) atoms. The first-order chi connectivity index (χ1) is 5.02. The van der Waals surface area contributed by atoms with Gasteiger partial charge in [0.05, 0.1) is 0 Å². The molecule has 0 amide bonds. The first-order valence-electron chi connectivity index (χ1n) is 3.52. The fourth-order valence-electron chi connectivity index (χ4n) is 0.620. The third-order valence-electron chi connectivity index (χ3n) is 1.12. The third-order valence-corrected chi connectivity index (χ3v) is 1.12. The minimum absolute atomic E-state index is 0.426. The lowest BCUT2D eigenvalue weighted by Gasteiger charge is -2.09. The number of carbonyl (C=O) groups excluding carboxylic acids is 1. The molecule has 0 heterocycles. The van der Waals surface area contributed by atoms with Gasteiger partial charge < -0.3 is 9.84 Å². The molecule has 0 bridgehead atoms. The Bertz CT molecular complexity index is 151.